The van der Waals surface area contributed by atoms with Gasteiger partial charge in [-0.25, -0.2) is 0 Å². The van der Waals surface area contributed by atoms with Gasteiger partial charge in [-0.1, -0.05) is 65.0 Å². The maximum Gasteiger partial charge on any atom is 0.121 e. The van der Waals surface area contributed by atoms with Gasteiger partial charge in [-0.15, -0.1) is 0 Å². The average molecular weight is 209 g/mol. The van der Waals surface area contributed by atoms with Crippen molar-refractivity contribution in [2.75, 3.05) is 0 Å². The average Bonchev–Trinajstić information content (AvgIpc) is 2.31. The fourth-order valence-corrected chi connectivity index (χ4v) is 2.51. The summed E-state index contributed by atoms with van der Waals surface area (Å²) < 4.78 is 0. The molecular weight excluding hydrogens is 198 g/mol. The molecule has 0 atom stereocenters. The highest BCUT2D eigenvalue weighted by molar-refractivity contribution is 6.67. The van der Waals surface area contributed by atoms with Gasteiger partial charge < -0.3 is 5.41 Å². The summed E-state index contributed by atoms with van der Waals surface area (Å²) in [4.78, 5) is 0. The molecule has 0 aliphatic rings. The Morgan fingerprint density at radius 3 is 2.33 bits per heavy atom. The van der Waals surface area contributed by atoms with E-state index in [0.717, 1.165) is 5.56 Å². The van der Waals surface area contributed by atoms with E-state index >= 15 is 0 Å². The predicted molar refractivity (Wildman–Crippen MR) is 65.8 cm³/mol. The third-order valence-electron chi connectivity index (χ3n) is 2.12. The van der Waals surface area contributed by atoms with E-state index in [0.29, 0.717) is 9.52 Å². The van der Waals surface area contributed by atoms with E-state index in [1.54, 1.807) is 0 Å². The second kappa shape index (κ2) is 4.71. The van der Waals surface area contributed by atoms with Crippen molar-refractivity contribution in [1.82, 2.24) is 0 Å². The first-order valence-corrected chi connectivity index (χ1v) is 5.81. The van der Waals surface area contributed by atoms with Crippen LogP contribution in [0.3, 0.4) is 0 Å². The van der Waals surface area contributed by atoms with E-state index in [4.69, 9.17) is 5.41 Å². The van der Waals surface area contributed by atoms with Crippen LogP contribution >= 0.6 is 0 Å². The lowest BCUT2D eigenvalue weighted by Gasteiger charge is -2.01. The van der Waals surface area contributed by atoms with Gasteiger partial charge in [0.1, 0.15) is 9.52 Å². The lowest BCUT2D eigenvalue weighted by Crippen LogP contribution is -2.26. The van der Waals surface area contributed by atoms with Crippen molar-refractivity contribution in [3.05, 3.63) is 60.2 Å². The minimum atomic E-state index is 0.673. The van der Waals surface area contributed by atoms with Gasteiger partial charge in [0, 0.05) is 6.21 Å². The van der Waals surface area contributed by atoms with Gasteiger partial charge in [0.15, 0.2) is 0 Å². The molecule has 2 heteroatoms. The molecule has 2 aromatic carbocycles. The van der Waals surface area contributed by atoms with Crippen LogP contribution in [0.25, 0.3) is 0 Å². The first-order valence-electron chi connectivity index (χ1n) is 4.81. The summed E-state index contributed by atoms with van der Waals surface area (Å²) in [5.41, 5.74) is 0.968. The molecule has 2 aromatic rings. The second-order valence-corrected chi connectivity index (χ2v) is 4.67. The van der Waals surface area contributed by atoms with E-state index in [1.807, 2.05) is 18.2 Å². The van der Waals surface area contributed by atoms with Crippen molar-refractivity contribution >= 4 is 26.1 Å². The summed E-state index contributed by atoms with van der Waals surface area (Å²) >= 11 is 0. The van der Waals surface area contributed by atoms with Gasteiger partial charge >= 0.3 is 0 Å². The molecule has 0 aliphatic heterocycles. The number of hydrogen-bond acceptors (Lipinski definition) is 1. The Morgan fingerprint density at radius 2 is 1.60 bits per heavy atom. The van der Waals surface area contributed by atoms with E-state index < -0.39 is 0 Å². The van der Waals surface area contributed by atoms with Crippen LogP contribution in [0.15, 0.2) is 54.6 Å². The van der Waals surface area contributed by atoms with Crippen LogP contribution in [0.2, 0.25) is 0 Å². The summed E-state index contributed by atoms with van der Waals surface area (Å²) in [5, 5.41) is 9.81. The summed E-state index contributed by atoms with van der Waals surface area (Å²) in [7, 11) is 0.673. The molecule has 0 spiro atoms. The Morgan fingerprint density at radius 1 is 0.867 bits per heavy atom. The van der Waals surface area contributed by atoms with Crippen molar-refractivity contribution in [3.8, 4) is 0 Å². The van der Waals surface area contributed by atoms with Crippen LogP contribution in [-0.2, 0) is 0 Å². The highest BCUT2D eigenvalue weighted by Crippen LogP contribution is 1.91. The molecule has 1 N–H and O–H groups in total. The van der Waals surface area contributed by atoms with Crippen LogP contribution in [0, 0.1) is 5.41 Å². The first-order chi connectivity index (χ1) is 7.38. The molecule has 0 aromatic heterocycles. The zero-order valence-electron chi connectivity index (χ0n) is 8.27. The Hall–Kier alpha value is -1.67. The molecule has 0 saturated carbocycles. The van der Waals surface area contributed by atoms with Crippen molar-refractivity contribution in [2.24, 2.45) is 0 Å². The van der Waals surface area contributed by atoms with E-state index in [2.05, 4.69) is 36.4 Å². The van der Waals surface area contributed by atoms with Crippen molar-refractivity contribution in [2.45, 2.75) is 0 Å². The Labute approximate surface area is 92.1 Å². The summed E-state index contributed by atoms with van der Waals surface area (Å²) in [6.07, 6.45) is 1.39. The van der Waals surface area contributed by atoms with E-state index in [-0.39, 0.29) is 0 Å². The molecular formula is C13H11NSi. The molecule has 0 amide bonds. The van der Waals surface area contributed by atoms with Gasteiger partial charge in [0.2, 0.25) is 0 Å². The molecule has 15 heavy (non-hydrogen) atoms. The molecule has 72 valence electrons. The van der Waals surface area contributed by atoms with Crippen LogP contribution in [0.1, 0.15) is 5.56 Å². The van der Waals surface area contributed by atoms with Gasteiger partial charge in [0.05, 0.1) is 0 Å². The van der Waals surface area contributed by atoms with Crippen LogP contribution < -0.4 is 10.4 Å². The quantitative estimate of drug-likeness (QED) is 0.583. The third kappa shape index (κ3) is 2.64. The Balaban J connectivity index is 2.21. The number of benzene rings is 2. The van der Waals surface area contributed by atoms with Crippen molar-refractivity contribution < 1.29 is 0 Å². The van der Waals surface area contributed by atoms with Crippen LogP contribution in [0.4, 0.5) is 0 Å². The monoisotopic (exact) mass is 209 g/mol. The lowest BCUT2D eigenvalue weighted by atomic mass is 10.2. The maximum absolute atomic E-state index is 7.20. The van der Waals surface area contributed by atoms with Crippen LogP contribution in [0.5, 0.6) is 0 Å². The van der Waals surface area contributed by atoms with Gasteiger partial charge in [0.25, 0.3) is 0 Å². The SMILES string of the molecule is N=Cc1cccc([Si]c2ccccc2)c1. The maximum atomic E-state index is 7.20. The number of hydrogen-bond donors (Lipinski definition) is 1. The minimum Gasteiger partial charge on any atom is -0.308 e. The molecule has 0 unspecified atom stereocenters. The van der Waals surface area contributed by atoms with Crippen LogP contribution in [-0.4, -0.2) is 15.7 Å². The summed E-state index contributed by atoms with van der Waals surface area (Å²) in [5.74, 6) is 0. The summed E-state index contributed by atoms with van der Waals surface area (Å²) in [6.45, 7) is 0. The normalized spacial score (nSPS) is 9.87. The lowest BCUT2D eigenvalue weighted by molar-refractivity contribution is 1.55. The fraction of sp³-hybridized carbons (Fsp3) is 0. The van der Waals surface area contributed by atoms with Gasteiger partial charge in [-0.2, -0.15) is 0 Å². The first kappa shape index (κ1) is 9.87. The van der Waals surface area contributed by atoms with Crippen molar-refractivity contribution in [3.63, 3.8) is 0 Å². The molecule has 0 saturated heterocycles. The predicted octanol–water partition coefficient (Wildman–Crippen LogP) is 1.34. The third-order valence-corrected chi connectivity index (χ3v) is 3.34. The van der Waals surface area contributed by atoms with E-state index in [1.165, 1.54) is 16.6 Å². The Kier molecular flexibility index (Phi) is 3.10. The molecule has 0 fully saturated rings. The smallest absolute Gasteiger partial charge is 0.121 e. The second-order valence-electron chi connectivity index (χ2n) is 3.26. The Bertz CT molecular complexity index is 451. The molecule has 0 bridgehead atoms. The highest BCUT2D eigenvalue weighted by Gasteiger charge is 1.97. The molecule has 0 aliphatic carbocycles. The van der Waals surface area contributed by atoms with Crippen molar-refractivity contribution in [1.29, 1.82) is 5.41 Å². The van der Waals surface area contributed by atoms with Gasteiger partial charge in [-0.3, -0.25) is 0 Å². The topological polar surface area (TPSA) is 23.9 Å². The fourth-order valence-electron chi connectivity index (χ4n) is 1.39. The largest absolute Gasteiger partial charge is 0.308 e. The van der Waals surface area contributed by atoms with Gasteiger partial charge in [-0.05, 0) is 5.56 Å². The molecule has 1 nitrogen and oxygen atoms in total. The zero-order valence-corrected chi connectivity index (χ0v) is 9.27. The number of nitrogens with one attached hydrogen (secondary N) is 1. The minimum absolute atomic E-state index is 0.673. The highest BCUT2D eigenvalue weighted by atomic mass is 28.2. The zero-order chi connectivity index (χ0) is 10.5. The molecule has 2 radical (unpaired) electrons. The number of rotatable bonds is 3. The van der Waals surface area contributed by atoms with E-state index in [9.17, 15) is 0 Å². The molecule has 2 rings (SSSR count). The summed E-state index contributed by atoms with van der Waals surface area (Å²) in [6, 6.07) is 18.5. The standard InChI is InChI=1S/C13H11NSi/c14-10-11-5-4-8-13(9-11)15-12-6-2-1-3-7-12/h1-10,14H. The molecule has 0 heterocycles.